The van der Waals surface area contributed by atoms with Crippen molar-refractivity contribution in [3.8, 4) is 0 Å². The summed E-state index contributed by atoms with van der Waals surface area (Å²) in [6, 6.07) is 0. The molecule has 0 aromatic carbocycles. The molecule has 0 radical (unpaired) electrons. The fraction of sp³-hybridized carbons (Fsp3) is 1.00. The Hall–Kier alpha value is -0.390. The molecule has 0 aromatic heterocycles. The van der Waals surface area contributed by atoms with Gasteiger partial charge in [0.1, 0.15) is 0 Å². The van der Waals surface area contributed by atoms with E-state index < -0.39 is 30.4 Å². The highest BCUT2D eigenvalue weighted by molar-refractivity contribution is 7.86. The van der Waals surface area contributed by atoms with Crippen LogP contribution in [0, 0.1) is 46.3 Å². The SMILES string of the molecule is CC(C)[C@H]1CC[C@H]2C3[C@H](OCCOS(C)(=O)=O)CC4C[C@H](OCCOS(C)(=O)=O)CC[C@]4(C)[C@H]3CC(OCCOS(C)(=O)=O)[C@]12C. The lowest BCUT2D eigenvalue weighted by Gasteiger charge is -2.64. The molecule has 46 heavy (non-hydrogen) atoms. The summed E-state index contributed by atoms with van der Waals surface area (Å²) in [6.07, 6.45) is 9.28. The zero-order valence-electron chi connectivity index (χ0n) is 28.5. The third kappa shape index (κ3) is 9.23. The van der Waals surface area contributed by atoms with Crippen LogP contribution in [-0.4, -0.2) is 102 Å². The standard InChI is InChI=1S/C31H56O12S3/c1-21(2)24-8-9-25-29-26(20-28(31(24,25)4)40-14-17-43-46(7,36)37)30(3)11-10-23(38-12-15-41-44(5,32)33)18-22(30)19-27(29)39-13-16-42-45(6,34)35/h21-29H,8-20H2,1-7H3/t22?,23-,24-,25+,26+,27-,28?,29?,30+,31-/m1/s1. The lowest BCUT2D eigenvalue weighted by Crippen LogP contribution is -2.63. The molecule has 4 aliphatic rings. The lowest BCUT2D eigenvalue weighted by atomic mass is 9.43. The molecule has 3 unspecified atom stereocenters. The van der Waals surface area contributed by atoms with Gasteiger partial charge in [-0.2, -0.15) is 25.3 Å². The van der Waals surface area contributed by atoms with E-state index in [1.807, 2.05) is 0 Å². The van der Waals surface area contributed by atoms with Gasteiger partial charge < -0.3 is 14.2 Å². The maximum atomic E-state index is 11.6. The number of fused-ring (bicyclic) bond motifs is 5. The van der Waals surface area contributed by atoms with Crippen molar-refractivity contribution in [2.45, 2.75) is 91.0 Å². The fourth-order valence-corrected chi connectivity index (χ4v) is 11.1. The Morgan fingerprint density at radius 1 is 0.652 bits per heavy atom. The van der Waals surface area contributed by atoms with Crippen molar-refractivity contribution in [2.24, 2.45) is 46.3 Å². The van der Waals surface area contributed by atoms with E-state index in [4.69, 9.17) is 26.8 Å². The minimum atomic E-state index is -3.58. The van der Waals surface area contributed by atoms with E-state index in [1.54, 1.807) is 0 Å². The second-order valence-corrected chi connectivity index (χ2v) is 19.8. The van der Waals surface area contributed by atoms with Gasteiger partial charge in [0.05, 0.1) is 76.7 Å². The van der Waals surface area contributed by atoms with Crippen LogP contribution in [0.3, 0.4) is 0 Å². The van der Waals surface area contributed by atoms with E-state index in [-0.39, 0.29) is 86.5 Å². The molecule has 4 fully saturated rings. The predicted octanol–water partition coefficient (Wildman–Crippen LogP) is 3.61. The molecule has 0 spiro atoms. The van der Waals surface area contributed by atoms with Gasteiger partial charge in [-0.3, -0.25) is 12.5 Å². The Balaban J connectivity index is 1.59. The summed E-state index contributed by atoms with van der Waals surface area (Å²) < 4.78 is 104. The quantitative estimate of drug-likeness (QED) is 0.169. The Morgan fingerprint density at radius 2 is 1.20 bits per heavy atom. The minimum absolute atomic E-state index is 0.0149. The van der Waals surface area contributed by atoms with Crippen molar-refractivity contribution in [2.75, 3.05) is 58.4 Å². The first kappa shape index (κ1) is 38.4. The molecule has 0 N–H and O–H groups in total. The van der Waals surface area contributed by atoms with Gasteiger partial charge in [-0.05, 0) is 85.9 Å². The lowest BCUT2D eigenvalue weighted by molar-refractivity contribution is -0.228. The van der Waals surface area contributed by atoms with Gasteiger partial charge in [0.15, 0.2) is 0 Å². The van der Waals surface area contributed by atoms with Gasteiger partial charge in [0.25, 0.3) is 30.4 Å². The summed E-state index contributed by atoms with van der Waals surface area (Å²) in [5.41, 5.74) is -0.159. The Bertz CT molecular complexity index is 1350. The summed E-state index contributed by atoms with van der Waals surface area (Å²) in [6.45, 7) is 9.76. The zero-order chi connectivity index (χ0) is 34.1. The maximum Gasteiger partial charge on any atom is 0.264 e. The monoisotopic (exact) mass is 716 g/mol. The predicted molar refractivity (Wildman–Crippen MR) is 172 cm³/mol. The molecule has 0 amide bonds. The zero-order valence-corrected chi connectivity index (χ0v) is 31.0. The third-order valence-electron chi connectivity index (χ3n) is 11.7. The Labute approximate surface area is 277 Å². The van der Waals surface area contributed by atoms with Crippen molar-refractivity contribution in [3.63, 3.8) is 0 Å². The van der Waals surface area contributed by atoms with Gasteiger partial charge in [0, 0.05) is 5.41 Å². The van der Waals surface area contributed by atoms with Crippen LogP contribution in [0.4, 0.5) is 0 Å². The number of rotatable bonds is 16. The van der Waals surface area contributed by atoms with E-state index in [9.17, 15) is 25.3 Å². The summed E-state index contributed by atoms with van der Waals surface area (Å²) in [5.74, 6) is 1.98. The van der Waals surface area contributed by atoms with Crippen LogP contribution in [0.1, 0.15) is 72.6 Å². The third-order valence-corrected chi connectivity index (χ3v) is 13.5. The van der Waals surface area contributed by atoms with Crippen LogP contribution >= 0.6 is 0 Å². The normalized spacial score (nSPS) is 38.3. The van der Waals surface area contributed by atoms with Crippen LogP contribution in [0.5, 0.6) is 0 Å². The van der Waals surface area contributed by atoms with Gasteiger partial charge in [-0.1, -0.05) is 27.7 Å². The van der Waals surface area contributed by atoms with E-state index in [1.165, 1.54) is 0 Å². The smallest absolute Gasteiger partial charge is 0.264 e. The van der Waals surface area contributed by atoms with E-state index in [0.717, 1.165) is 63.7 Å². The average molecular weight is 717 g/mol. The number of ether oxygens (including phenoxy) is 3. The van der Waals surface area contributed by atoms with Gasteiger partial charge >= 0.3 is 0 Å². The minimum Gasteiger partial charge on any atom is -0.376 e. The molecule has 4 rings (SSSR count). The molecule has 15 heteroatoms. The molecule has 270 valence electrons. The molecule has 0 heterocycles. The molecular weight excluding hydrogens is 661 g/mol. The molecule has 4 saturated carbocycles. The van der Waals surface area contributed by atoms with Crippen LogP contribution in [0.15, 0.2) is 0 Å². The Morgan fingerprint density at radius 3 is 1.74 bits per heavy atom. The van der Waals surface area contributed by atoms with Crippen molar-refractivity contribution < 1.29 is 52.0 Å². The maximum absolute atomic E-state index is 11.6. The van der Waals surface area contributed by atoms with Crippen LogP contribution in [0.25, 0.3) is 0 Å². The summed E-state index contributed by atoms with van der Waals surface area (Å²) >= 11 is 0. The fourth-order valence-electron chi connectivity index (χ4n) is 9.95. The van der Waals surface area contributed by atoms with Gasteiger partial charge in [0.2, 0.25) is 0 Å². The molecule has 4 aliphatic carbocycles. The molecule has 0 aromatic rings. The second-order valence-electron chi connectivity index (χ2n) is 14.9. The summed E-state index contributed by atoms with van der Waals surface area (Å²) in [5, 5.41) is 0. The molecule has 10 atom stereocenters. The van der Waals surface area contributed by atoms with Crippen molar-refractivity contribution >= 4 is 30.4 Å². The first-order chi connectivity index (χ1) is 21.2. The molecule has 0 saturated heterocycles. The van der Waals surface area contributed by atoms with E-state index in [2.05, 4.69) is 27.7 Å². The highest BCUT2D eigenvalue weighted by Gasteiger charge is 2.66. The molecule has 0 bridgehead atoms. The van der Waals surface area contributed by atoms with E-state index in [0.29, 0.717) is 17.8 Å². The van der Waals surface area contributed by atoms with Crippen LogP contribution in [0.2, 0.25) is 0 Å². The van der Waals surface area contributed by atoms with Crippen molar-refractivity contribution in [1.29, 1.82) is 0 Å². The highest BCUT2D eigenvalue weighted by Crippen LogP contribution is 2.69. The van der Waals surface area contributed by atoms with E-state index >= 15 is 0 Å². The van der Waals surface area contributed by atoms with Gasteiger partial charge in [-0.15, -0.1) is 0 Å². The average Bonchev–Trinajstić information content (AvgIpc) is 3.28. The van der Waals surface area contributed by atoms with Crippen molar-refractivity contribution in [1.82, 2.24) is 0 Å². The van der Waals surface area contributed by atoms with Crippen LogP contribution < -0.4 is 0 Å². The Kier molecular flexibility index (Phi) is 12.4. The first-order valence-corrected chi connectivity index (χ1v) is 22.1. The van der Waals surface area contributed by atoms with Crippen molar-refractivity contribution in [3.05, 3.63) is 0 Å². The largest absolute Gasteiger partial charge is 0.376 e. The van der Waals surface area contributed by atoms with Gasteiger partial charge in [-0.25, -0.2) is 0 Å². The van der Waals surface area contributed by atoms with Crippen LogP contribution in [-0.2, 0) is 57.1 Å². The second kappa shape index (κ2) is 14.8. The summed E-state index contributed by atoms with van der Waals surface area (Å²) in [4.78, 5) is 0. The number of hydrogen-bond donors (Lipinski definition) is 0. The number of hydrogen-bond acceptors (Lipinski definition) is 12. The topological polar surface area (TPSA) is 158 Å². The summed E-state index contributed by atoms with van der Waals surface area (Å²) in [7, 11) is -10.7. The highest BCUT2D eigenvalue weighted by atomic mass is 32.2. The molecule has 0 aliphatic heterocycles. The first-order valence-electron chi connectivity index (χ1n) is 16.6. The molecular formula is C31H56O12S3. The molecule has 12 nitrogen and oxygen atoms in total.